The zero-order valence-corrected chi connectivity index (χ0v) is 14.4. The first-order valence-electron chi connectivity index (χ1n) is 8.22. The summed E-state index contributed by atoms with van der Waals surface area (Å²) >= 11 is 0. The molecule has 0 saturated carbocycles. The van der Waals surface area contributed by atoms with Crippen LogP contribution >= 0.6 is 0 Å². The molecule has 0 aromatic heterocycles. The summed E-state index contributed by atoms with van der Waals surface area (Å²) in [6.45, 7) is 3.88. The number of halogens is 1. The van der Waals surface area contributed by atoms with Crippen LogP contribution in [-0.4, -0.2) is 18.0 Å². The molecule has 4 nitrogen and oxygen atoms in total. The summed E-state index contributed by atoms with van der Waals surface area (Å²) in [5, 5.41) is 2.73. The van der Waals surface area contributed by atoms with E-state index in [0.717, 1.165) is 11.1 Å². The van der Waals surface area contributed by atoms with Gasteiger partial charge in [0.05, 0.1) is 0 Å². The molecule has 5 heteroatoms. The van der Waals surface area contributed by atoms with E-state index in [4.69, 9.17) is 4.74 Å². The van der Waals surface area contributed by atoms with Crippen molar-refractivity contribution >= 4 is 11.9 Å². The number of esters is 1. The molecule has 1 atom stereocenters. The van der Waals surface area contributed by atoms with Crippen LogP contribution < -0.4 is 5.32 Å². The fourth-order valence-electron chi connectivity index (χ4n) is 2.29. The Hall–Kier alpha value is -2.69. The lowest BCUT2D eigenvalue weighted by atomic mass is 10.1. The molecule has 0 saturated heterocycles. The minimum absolute atomic E-state index is 0.0243. The van der Waals surface area contributed by atoms with Crippen molar-refractivity contribution in [2.24, 2.45) is 0 Å². The highest BCUT2D eigenvalue weighted by molar-refractivity contribution is 5.83. The molecule has 0 spiro atoms. The van der Waals surface area contributed by atoms with Crippen molar-refractivity contribution in [2.75, 3.05) is 0 Å². The van der Waals surface area contributed by atoms with Crippen LogP contribution in [0.5, 0.6) is 0 Å². The third-order valence-corrected chi connectivity index (χ3v) is 3.82. The molecular weight excluding hydrogens is 321 g/mol. The number of aryl methyl sites for hydroxylation is 2. The quantitative estimate of drug-likeness (QED) is 0.785. The molecular formula is C20H22FNO3. The van der Waals surface area contributed by atoms with Crippen LogP contribution in [0, 0.1) is 12.7 Å². The molecule has 132 valence electrons. The zero-order valence-electron chi connectivity index (χ0n) is 14.4. The van der Waals surface area contributed by atoms with Gasteiger partial charge < -0.3 is 10.1 Å². The maximum atomic E-state index is 13.5. The summed E-state index contributed by atoms with van der Waals surface area (Å²) in [5.41, 5.74) is 2.57. The van der Waals surface area contributed by atoms with Gasteiger partial charge in [-0.1, -0.05) is 48.0 Å². The summed E-state index contributed by atoms with van der Waals surface area (Å²) in [4.78, 5) is 23.8. The highest BCUT2D eigenvalue weighted by atomic mass is 19.1. The van der Waals surface area contributed by atoms with E-state index < -0.39 is 12.1 Å². The van der Waals surface area contributed by atoms with Gasteiger partial charge in [0.15, 0.2) is 6.10 Å². The van der Waals surface area contributed by atoms with E-state index in [0.29, 0.717) is 12.1 Å². The molecule has 0 aliphatic carbocycles. The molecule has 0 radical (unpaired) electrons. The van der Waals surface area contributed by atoms with Gasteiger partial charge in [0, 0.05) is 13.0 Å². The SMILES string of the molecule is Cc1ccc(CNC(=O)[C@@H](C)OC(=O)CCc2ccccc2F)cc1. The number of nitrogens with one attached hydrogen (secondary N) is 1. The number of carbonyl (C=O) groups excluding carboxylic acids is 2. The molecule has 2 aromatic rings. The lowest BCUT2D eigenvalue weighted by molar-refractivity contribution is -0.154. The van der Waals surface area contributed by atoms with Gasteiger partial charge in [0.25, 0.3) is 5.91 Å². The van der Waals surface area contributed by atoms with Crippen molar-refractivity contribution < 1.29 is 18.7 Å². The van der Waals surface area contributed by atoms with Crippen molar-refractivity contribution in [3.63, 3.8) is 0 Å². The first kappa shape index (κ1) is 18.6. The van der Waals surface area contributed by atoms with Gasteiger partial charge in [-0.15, -0.1) is 0 Å². The first-order chi connectivity index (χ1) is 12.0. The number of hydrogen-bond donors (Lipinski definition) is 1. The lowest BCUT2D eigenvalue weighted by Crippen LogP contribution is -2.35. The Morgan fingerprint density at radius 3 is 2.48 bits per heavy atom. The van der Waals surface area contributed by atoms with E-state index in [9.17, 15) is 14.0 Å². The Kier molecular flexibility index (Phi) is 6.69. The van der Waals surface area contributed by atoms with E-state index in [2.05, 4.69) is 5.32 Å². The van der Waals surface area contributed by atoms with E-state index in [1.165, 1.54) is 13.0 Å². The van der Waals surface area contributed by atoms with E-state index in [-0.39, 0.29) is 24.6 Å². The van der Waals surface area contributed by atoms with Crippen LogP contribution in [0.2, 0.25) is 0 Å². The van der Waals surface area contributed by atoms with E-state index >= 15 is 0 Å². The van der Waals surface area contributed by atoms with Crippen molar-refractivity contribution in [3.05, 3.63) is 71.0 Å². The van der Waals surface area contributed by atoms with Crippen molar-refractivity contribution in [1.82, 2.24) is 5.32 Å². The van der Waals surface area contributed by atoms with Crippen molar-refractivity contribution in [3.8, 4) is 0 Å². The Bertz CT molecular complexity index is 728. The summed E-state index contributed by atoms with van der Waals surface area (Å²) in [6, 6.07) is 14.1. The Morgan fingerprint density at radius 1 is 1.12 bits per heavy atom. The molecule has 0 aliphatic heterocycles. The minimum atomic E-state index is -0.890. The maximum absolute atomic E-state index is 13.5. The van der Waals surface area contributed by atoms with Gasteiger partial charge in [-0.2, -0.15) is 0 Å². The number of ether oxygens (including phenoxy) is 1. The molecule has 0 bridgehead atoms. The predicted octanol–water partition coefficient (Wildman–Crippen LogP) is 3.31. The summed E-state index contributed by atoms with van der Waals surface area (Å²) in [6.07, 6.45) is -0.627. The second-order valence-corrected chi connectivity index (χ2v) is 5.93. The second kappa shape index (κ2) is 8.97. The summed E-state index contributed by atoms with van der Waals surface area (Å²) in [5.74, 6) is -1.24. The second-order valence-electron chi connectivity index (χ2n) is 5.93. The standard InChI is InChI=1S/C20H22FNO3/c1-14-7-9-16(10-8-14)13-22-20(24)15(2)25-19(23)12-11-17-5-3-4-6-18(17)21/h3-10,15H,11-13H2,1-2H3,(H,22,24)/t15-/m1/s1. The Balaban J connectivity index is 1.75. The molecule has 2 aromatic carbocycles. The zero-order chi connectivity index (χ0) is 18.2. The Morgan fingerprint density at radius 2 is 1.80 bits per heavy atom. The third kappa shape index (κ3) is 6.03. The van der Waals surface area contributed by atoms with Gasteiger partial charge in [-0.25, -0.2) is 4.39 Å². The number of rotatable bonds is 7. The van der Waals surface area contributed by atoms with E-state index in [1.54, 1.807) is 18.2 Å². The Labute approximate surface area is 147 Å². The molecule has 25 heavy (non-hydrogen) atoms. The van der Waals surface area contributed by atoms with Gasteiger partial charge >= 0.3 is 5.97 Å². The fourth-order valence-corrected chi connectivity index (χ4v) is 2.29. The van der Waals surface area contributed by atoms with E-state index in [1.807, 2.05) is 31.2 Å². The molecule has 0 fully saturated rings. The van der Waals surface area contributed by atoms with Crippen LogP contribution in [0.3, 0.4) is 0 Å². The molecule has 0 unspecified atom stereocenters. The fraction of sp³-hybridized carbons (Fsp3) is 0.300. The normalized spacial score (nSPS) is 11.6. The van der Waals surface area contributed by atoms with Crippen LogP contribution in [0.1, 0.15) is 30.0 Å². The lowest BCUT2D eigenvalue weighted by Gasteiger charge is -2.14. The average Bonchev–Trinajstić information content (AvgIpc) is 2.60. The van der Waals surface area contributed by atoms with Crippen LogP contribution in [0.4, 0.5) is 4.39 Å². The summed E-state index contributed by atoms with van der Waals surface area (Å²) < 4.78 is 18.6. The topological polar surface area (TPSA) is 55.4 Å². The van der Waals surface area contributed by atoms with Crippen LogP contribution in [0.25, 0.3) is 0 Å². The molecule has 0 heterocycles. The van der Waals surface area contributed by atoms with Gasteiger partial charge in [0.1, 0.15) is 5.82 Å². The molecule has 2 rings (SSSR count). The van der Waals surface area contributed by atoms with Gasteiger partial charge in [-0.05, 0) is 37.5 Å². The molecule has 0 aliphatic rings. The highest BCUT2D eigenvalue weighted by Crippen LogP contribution is 2.10. The number of hydrogen-bond acceptors (Lipinski definition) is 3. The average molecular weight is 343 g/mol. The maximum Gasteiger partial charge on any atom is 0.306 e. The van der Waals surface area contributed by atoms with Gasteiger partial charge in [-0.3, -0.25) is 9.59 Å². The van der Waals surface area contributed by atoms with Crippen molar-refractivity contribution in [2.45, 2.75) is 39.3 Å². The largest absolute Gasteiger partial charge is 0.453 e. The predicted molar refractivity (Wildman–Crippen MR) is 93.3 cm³/mol. The monoisotopic (exact) mass is 343 g/mol. The van der Waals surface area contributed by atoms with Gasteiger partial charge in [0.2, 0.25) is 0 Å². The van der Waals surface area contributed by atoms with Crippen LogP contribution in [-0.2, 0) is 27.3 Å². The third-order valence-electron chi connectivity index (χ3n) is 3.82. The van der Waals surface area contributed by atoms with Crippen LogP contribution in [0.15, 0.2) is 48.5 Å². The smallest absolute Gasteiger partial charge is 0.306 e. The highest BCUT2D eigenvalue weighted by Gasteiger charge is 2.17. The van der Waals surface area contributed by atoms with Crippen molar-refractivity contribution in [1.29, 1.82) is 0 Å². The molecule has 1 amide bonds. The number of carbonyl (C=O) groups is 2. The minimum Gasteiger partial charge on any atom is -0.453 e. The molecule has 1 N–H and O–H groups in total. The number of amides is 1. The first-order valence-corrected chi connectivity index (χ1v) is 8.22. The summed E-state index contributed by atoms with van der Waals surface area (Å²) in [7, 11) is 0. The number of benzene rings is 2.